The average Bonchev–Trinajstić information content (AvgIpc) is 2.46. The summed E-state index contributed by atoms with van der Waals surface area (Å²) in [5, 5.41) is 8.11. The van der Waals surface area contributed by atoms with Crippen molar-refractivity contribution in [2.24, 2.45) is 17.0 Å². The largest absolute Gasteiger partial charge is 0.465 e. The summed E-state index contributed by atoms with van der Waals surface area (Å²) in [6.07, 6.45) is 1.90. The lowest BCUT2D eigenvalue weighted by atomic mass is 9.82. The Kier molecular flexibility index (Phi) is 5.40. The maximum atomic E-state index is 12.2. The first kappa shape index (κ1) is 18.2. The Labute approximate surface area is 140 Å². The molecule has 0 spiro atoms. The Balaban J connectivity index is 2.13. The molecule has 130 valence electrons. The number of rotatable bonds is 5. The Morgan fingerprint density at radius 1 is 1.33 bits per heavy atom. The molecule has 0 unspecified atom stereocenters. The Morgan fingerprint density at radius 3 is 2.46 bits per heavy atom. The molecule has 8 heteroatoms. The number of hydrogen-bond acceptors (Lipinski definition) is 6. The molecule has 0 radical (unpaired) electrons. The molecule has 0 saturated heterocycles. The van der Waals surface area contributed by atoms with Crippen molar-refractivity contribution in [2.75, 3.05) is 11.9 Å². The Morgan fingerprint density at radius 2 is 1.96 bits per heavy atom. The number of sulfonamides is 1. The predicted octanol–water partition coefficient (Wildman–Crippen LogP) is 1.42. The number of carbonyl (C=O) groups is 2. The fourth-order valence-electron chi connectivity index (χ4n) is 2.65. The topological polar surface area (TPSA) is 116 Å². The van der Waals surface area contributed by atoms with E-state index in [1.165, 1.54) is 18.2 Å². The minimum absolute atomic E-state index is 0.0116. The van der Waals surface area contributed by atoms with Crippen molar-refractivity contribution < 1.29 is 22.7 Å². The van der Waals surface area contributed by atoms with Crippen LogP contribution in [0.5, 0.6) is 0 Å². The van der Waals surface area contributed by atoms with Gasteiger partial charge in [-0.25, -0.2) is 13.6 Å². The summed E-state index contributed by atoms with van der Waals surface area (Å²) < 4.78 is 27.4. The van der Waals surface area contributed by atoms with Crippen molar-refractivity contribution in [3.63, 3.8) is 0 Å². The van der Waals surface area contributed by atoms with Gasteiger partial charge in [-0.3, -0.25) is 9.59 Å². The van der Waals surface area contributed by atoms with Crippen LogP contribution in [0, 0.1) is 11.8 Å². The number of ketones is 1. The van der Waals surface area contributed by atoms with Crippen molar-refractivity contribution in [3.05, 3.63) is 36.0 Å². The summed E-state index contributed by atoms with van der Waals surface area (Å²) in [6, 6.07) is 5.89. The minimum Gasteiger partial charge on any atom is -0.465 e. The zero-order valence-corrected chi connectivity index (χ0v) is 14.3. The van der Waals surface area contributed by atoms with E-state index in [-0.39, 0.29) is 23.2 Å². The number of ether oxygens (including phenoxy) is 1. The quantitative estimate of drug-likeness (QED) is 0.611. The molecule has 2 rings (SSSR count). The lowest BCUT2D eigenvalue weighted by molar-refractivity contribution is -0.152. The standard InChI is InChI=1S/C16H20N2O5S/c1-3-23-16(20)15-10(2)8-12(9-14(15)19)18-11-4-6-13(7-5-11)24(17,21)22/h4-7,9-10,15,18H,3,8H2,1-2H3,(H2,17,21,22)/t10-,15+/m1/s1. The summed E-state index contributed by atoms with van der Waals surface area (Å²) in [5.74, 6) is -1.76. The highest BCUT2D eigenvalue weighted by molar-refractivity contribution is 7.89. The van der Waals surface area contributed by atoms with Gasteiger partial charge in [-0.1, -0.05) is 6.92 Å². The van der Waals surface area contributed by atoms with Crippen LogP contribution >= 0.6 is 0 Å². The number of nitrogens with two attached hydrogens (primary N) is 1. The van der Waals surface area contributed by atoms with Gasteiger partial charge in [-0.15, -0.1) is 0 Å². The molecule has 1 aliphatic rings. The summed E-state index contributed by atoms with van der Waals surface area (Å²) in [7, 11) is -3.74. The van der Waals surface area contributed by atoms with Gasteiger partial charge in [0, 0.05) is 17.5 Å². The molecule has 0 fully saturated rings. The van der Waals surface area contributed by atoms with Gasteiger partial charge >= 0.3 is 5.97 Å². The predicted molar refractivity (Wildman–Crippen MR) is 88.4 cm³/mol. The van der Waals surface area contributed by atoms with E-state index in [9.17, 15) is 18.0 Å². The molecule has 1 aromatic carbocycles. The molecular formula is C16H20N2O5S. The summed E-state index contributed by atoms with van der Waals surface area (Å²) in [6.45, 7) is 3.75. The van der Waals surface area contributed by atoms with Gasteiger partial charge < -0.3 is 10.1 Å². The molecule has 0 saturated carbocycles. The second-order valence-electron chi connectivity index (χ2n) is 5.68. The summed E-state index contributed by atoms with van der Waals surface area (Å²) >= 11 is 0. The van der Waals surface area contributed by atoms with Crippen LogP contribution in [0.15, 0.2) is 40.9 Å². The van der Waals surface area contributed by atoms with Crippen LogP contribution in [0.4, 0.5) is 5.69 Å². The number of esters is 1. The minimum atomic E-state index is -3.74. The SMILES string of the molecule is CCOC(=O)[C@@H]1C(=O)C=C(Nc2ccc(S(N)(=O)=O)cc2)C[C@H]1C. The number of primary sulfonamides is 1. The molecule has 2 atom stereocenters. The highest BCUT2D eigenvalue weighted by atomic mass is 32.2. The van der Waals surface area contributed by atoms with Crippen molar-refractivity contribution >= 4 is 27.5 Å². The molecule has 1 aromatic rings. The van der Waals surface area contributed by atoms with Crippen molar-refractivity contribution in [1.82, 2.24) is 0 Å². The number of anilines is 1. The van der Waals surface area contributed by atoms with Crippen LogP contribution in [-0.4, -0.2) is 26.8 Å². The molecule has 24 heavy (non-hydrogen) atoms. The third kappa shape index (κ3) is 4.21. The number of nitrogens with one attached hydrogen (secondary N) is 1. The molecule has 0 amide bonds. The van der Waals surface area contributed by atoms with Crippen molar-refractivity contribution in [1.29, 1.82) is 0 Å². The van der Waals surface area contributed by atoms with E-state index in [1.807, 2.05) is 6.92 Å². The first-order valence-electron chi connectivity index (χ1n) is 7.53. The zero-order chi connectivity index (χ0) is 17.9. The van der Waals surface area contributed by atoms with Crippen LogP contribution in [-0.2, 0) is 24.3 Å². The first-order valence-corrected chi connectivity index (χ1v) is 9.08. The van der Waals surface area contributed by atoms with Crippen LogP contribution in [0.25, 0.3) is 0 Å². The Hall–Kier alpha value is -2.19. The highest BCUT2D eigenvalue weighted by Gasteiger charge is 2.36. The monoisotopic (exact) mass is 352 g/mol. The van der Waals surface area contributed by atoms with Gasteiger partial charge in [0.1, 0.15) is 5.92 Å². The molecule has 7 nitrogen and oxygen atoms in total. The van der Waals surface area contributed by atoms with Crippen molar-refractivity contribution in [3.8, 4) is 0 Å². The van der Waals surface area contributed by atoms with Gasteiger partial charge in [0.25, 0.3) is 0 Å². The van der Waals surface area contributed by atoms with Crippen molar-refractivity contribution in [2.45, 2.75) is 25.2 Å². The molecule has 0 heterocycles. The summed E-state index contributed by atoms with van der Waals surface area (Å²) in [4.78, 5) is 24.1. The molecular weight excluding hydrogens is 332 g/mol. The maximum absolute atomic E-state index is 12.2. The normalized spacial score (nSPS) is 21.1. The van der Waals surface area contributed by atoms with Gasteiger partial charge in [0.2, 0.25) is 10.0 Å². The van der Waals surface area contributed by atoms with E-state index in [1.54, 1.807) is 19.1 Å². The van der Waals surface area contributed by atoms with E-state index < -0.39 is 21.9 Å². The second kappa shape index (κ2) is 7.14. The Bertz CT molecular complexity index is 768. The fraction of sp³-hybridized carbons (Fsp3) is 0.375. The second-order valence-corrected chi connectivity index (χ2v) is 7.24. The van der Waals surface area contributed by atoms with Crippen LogP contribution in [0.1, 0.15) is 20.3 Å². The van der Waals surface area contributed by atoms with Crippen LogP contribution < -0.4 is 10.5 Å². The van der Waals surface area contributed by atoms with Crippen LogP contribution in [0.3, 0.4) is 0 Å². The molecule has 3 N–H and O–H groups in total. The van der Waals surface area contributed by atoms with E-state index in [4.69, 9.17) is 9.88 Å². The lowest BCUT2D eigenvalue weighted by Gasteiger charge is -2.26. The highest BCUT2D eigenvalue weighted by Crippen LogP contribution is 2.29. The van der Waals surface area contributed by atoms with Gasteiger partial charge in [0.15, 0.2) is 5.78 Å². The number of carbonyl (C=O) groups excluding carboxylic acids is 2. The van der Waals surface area contributed by atoms with Gasteiger partial charge in [-0.2, -0.15) is 0 Å². The third-order valence-corrected chi connectivity index (χ3v) is 4.69. The van der Waals surface area contributed by atoms with Gasteiger partial charge in [-0.05, 0) is 43.5 Å². The molecule has 0 aliphatic heterocycles. The third-order valence-electron chi connectivity index (χ3n) is 3.76. The average molecular weight is 352 g/mol. The molecule has 0 bridgehead atoms. The number of benzene rings is 1. The van der Waals surface area contributed by atoms with E-state index in [2.05, 4.69) is 5.32 Å². The molecule has 0 aromatic heterocycles. The first-order chi connectivity index (χ1) is 11.2. The zero-order valence-electron chi connectivity index (χ0n) is 13.5. The summed E-state index contributed by atoms with van der Waals surface area (Å²) in [5.41, 5.74) is 1.29. The smallest absolute Gasteiger partial charge is 0.317 e. The number of allylic oxidation sites excluding steroid dienone is 2. The molecule has 1 aliphatic carbocycles. The number of hydrogen-bond donors (Lipinski definition) is 2. The van der Waals surface area contributed by atoms with E-state index >= 15 is 0 Å². The maximum Gasteiger partial charge on any atom is 0.317 e. The van der Waals surface area contributed by atoms with Crippen LogP contribution in [0.2, 0.25) is 0 Å². The van der Waals surface area contributed by atoms with E-state index in [0.29, 0.717) is 17.8 Å². The fourth-order valence-corrected chi connectivity index (χ4v) is 3.16. The van der Waals surface area contributed by atoms with E-state index in [0.717, 1.165) is 0 Å². The van der Waals surface area contributed by atoms with Gasteiger partial charge in [0.05, 0.1) is 11.5 Å². The lowest BCUT2D eigenvalue weighted by Crippen LogP contribution is -2.35.